The van der Waals surface area contributed by atoms with E-state index >= 15 is 0 Å². The summed E-state index contributed by atoms with van der Waals surface area (Å²) in [6.07, 6.45) is 0.376. The molecule has 1 heterocycles. The van der Waals surface area contributed by atoms with Crippen molar-refractivity contribution in [3.8, 4) is 0 Å². The summed E-state index contributed by atoms with van der Waals surface area (Å²) in [6, 6.07) is 16.5. The second-order valence-corrected chi connectivity index (χ2v) is 7.22. The second kappa shape index (κ2) is 11.0. The Bertz CT molecular complexity index is 812. The quantitative estimate of drug-likeness (QED) is 0.370. The number of hydrogen-bond acceptors (Lipinski definition) is 3. The number of guanidine groups is 1. The van der Waals surface area contributed by atoms with Gasteiger partial charge in [0.2, 0.25) is 5.91 Å². The molecule has 29 heavy (non-hydrogen) atoms. The molecule has 0 radical (unpaired) electrons. The lowest BCUT2D eigenvalue weighted by Crippen LogP contribution is -2.48. The van der Waals surface area contributed by atoms with Crippen LogP contribution in [0.25, 0.3) is 0 Å². The van der Waals surface area contributed by atoms with Gasteiger partial charge in [0.15, 0.2) is 5.96 Å². The summed E-state index contributed by atoms with van der Waals surface area (Å²) in [5.74, 6) is 0.474. The molecule has 1 aliphatic heterocycles. The van der Waals surface area contributed by atoms with Gasteiger partial charge < -0.3 is 20.9 Å². The minimum absolute atomic E-state index is 0. The number of carbonyl (C=O) groups excluding carboxylic acids is 1. The largest absolute Gasteiger partial charge is 0.370 e. The molecule has 0 spiro atoms. The van der Waals surface area contributed by atoms with Crippen LogP contribution >= 0.6 is 24.0 Å². The number of aliphatic imine (C=N–C) groups is 1. The average Bonchev–Trinajstić information content (AvgIpc) is 2.68. The highest BCUT2D eigenvalue weighted by molar-refractivity contribution is 14.0. The van der Waals surface area contributed by atoms with Gasteiger partial charge in [-0.25, -0.2) is 0 Å². The molecule has 6 nitrogen and oxygen atoms in total. The molecule has 3 rings (SSSR count). The van der Waals surface area contributed by atoms with E-state index in [1.165, 1.54) is 16.8 Å². The molecule has 1 amide bonds. The van der Waals surface area contributed by atoms with Gasteiger partial charge in [-0.3, -0.25) is 9.79 Å². The van der Waals surface area contributed by atoms with Crippen molar-refractivity contribution in [1.82, 2.24) is 4.90 Å². The molecule has 2 aromatic carbocycles. The fraction of sp³-hybridized carbons (Fsp3) is 0.364. The van der Waals surface area contributed by atoms with Crippen molar-refractivity contribution in [1.29, 1.82) is 0 Å². The SMILES string of the molecule is Cc1cc(C)cc(NC(N)=NCCC(=O)N2CCN(c3ccccc3)CC2)c1.I. The minimum Gasteiger partial charge on any atom is -0.370 e. The molecule has 0 aliphatic carbocycles. The zero-order valence-corrected chi connectivity index (χ0v) is 19.4. The average molecular weight is 507 g/mol. The van der Waals surface area contributed by atoms with E-state index < -0.39 is 0 Å². The molecule has 7 heteroatoms. The normalized spacial score (nSPS) is 14.3. The van der Waals surface area contributed by atoms with E-state index in [1.807, 2.05) is 49.1 Å². The highest BCUT2D eigenvalue weighted by Crippen LogP contribution is 2.16. The number of halogens is 1. The van der Waals surface area contributed by atoms with Crippen LogP contribution in [-0.2, 0) is 4.79 Å². The lowest BCUT2D eigenvalue weighted by molar-refractivity contribution is -0.131. The van der Waals surface area contributed by atoms with Crippen LogP contribution in [0.15, 0.2) is 53.5 Å². The van der Waals surface area contributed by atoms with Crippen molar-refractivity contribution in [2.75, 3.05) is 42.9 Å². The number of para-hydroxylation sites is 1. The zero-order chi connectivity index (χ0) is 19.9. The van der Waals surface area contributed by atoms with E-state index in [1.54, 1.807) is 0 Å². The smallest absolute Gasteiger partial charge is 0.224 e. The van der Waals surface area contributed by atoms with E-state index in [9.17, 15) is 4.79 Å². The van der Waals surface area contributed by atoms with Crippen LogP contribution in [0.4, 0.5) is 11.4 Å². The molecule has 0 atom stereocenters. The standard InChI is InChI=1S/C22H29N5O.HI/c1-17-14-18(2)16-19(15-17)25-22(23)24-9-8-21(28)27-12-10-26(11-13-27)20-6-4-3-5-7-20;/h3-7,14-16H,8-13H2,1-2H3,(H3,23,24,25);1H. The Kier molecular flexibility index (Phi) is 8.75. The second-order valence-electron chi connectivity index (χ2n) is 7.22. The highest BCUT2D eigenvalue weighted by atomic mass is 127. The summed E-state index contributed by atoms with van der Waals surface area (Å²) in [5, 5.41) is 3.10. The summed E-state index contributed by atoms with van der Waals surface area (Å²) in [5.41, 5.74) is 10.4. The van der Waals surface area contributed by atoms with E-state index in [0.717, 1.165) is 31.9 Å². The van der Waals surface area contributed by atoms with Crippen molar-refractivity contribution in [2.24, 2.45) is 10.7 Å². The Labute approximate surface area is 190 Å². The number of carbonyl (C=O) groups is 1. The van der Waals surface area contributed by atoms with Crippen LogP contribution in [-0.4, -0.2) is 49.5 Å². The van der Waals surface area contributed by atoms with Crippen molar-refractivity contribution in [2.45, 2.75) is 20.3 Å². The molecule has 0 aromatic heterocycles. The van der Waals surface area contributed by atoms with E-state index in [-0.39, 0.29) is 29.9 Å². The molecule has 156 valence electrons. The summed E-state index contributed by atoms with van der Waals surface area (Å²) in [6.45, 7) is 7.68. The Hall–Kier alpha value is -2.29. The maximum atomic E-state index is 12.4. The van der Waals surface area contributed by atoms with Gasteiger partial charge in [-0.05, 0) is 49.2 Å². The topological polar surface area (TPSA) is 74.0 Å². The van der Waals surface area contributed by atoms with Gasteiger partial charge in [-0.1, -0.05) is 24.3 Å². The molecule has 0 unspecified atom stereocenters. The molecular weight excluding hydrogens is 477 g/mol. The number of amides is 1. The van der Waals surface area contributed by atoms with Crippen LogP contribution in [0.3, 0.4) is 0 Å². The Morgan fingerprint density at radius 2 is 1.66 bits per heavy atom. The van der Waals surface area contributed by atoms with Gasteiger partial charge in [-0.15, -0.1) is 24.0 Å². The van der Waals surface area contributed by atoms with Gasteiger partial charge in [0, 0.05) is 44.0 Å². The van der Waals surface area contributed by atoms with Crippen LogP contribution in [0.1, 0.15) is 17.5 Å². The first-order chi connectivity index (χ1) is 13.5. The van der Waals surface area contributed by atoms with Gasteiger partial charge in [0.1, 0.15) is 0 Å². The Balaban J connectivity index is 0.00000300. The van der Waals surface area contributed by atoms with Gasteiger partial charge in [-0.2, -0.15) is 0 Å². The highest BCUT2D eigenvalue weighted by Gasteiger charge is 2.20. The third kappa shape index (κ3) is 6.92. The number of piperazine rings is 1. The van der Waals surface area contributed by atoms with Crippen molar-refractivity contribution in [3.63, 3.8) is 0 Å². The summed E-state index contributed by atoms with van der Waals surface area (Å²) in [4.78, 5) is 21.0. The lowest BCUT2D eigenvalue weighted by Gasteiger charge is -2.36. The molecule has 3 N–H and O–H groups in total. The summed E-state index contributed by atoms with van der Waals surface area (Å²) < 4.78 is 0. The van der Waals surface area contributed by atoms with E-state index in [2.05, 4.69) is 33.4 Å². The van der Waals surface area contributed by atoms with Gasteiger partial charge in [0.25, 0.3) is 0 Å². The monoisotopic (exact) mass is 507 g/mol. The van der Waals surface area contributed by atoms with Crippen molar-refractivity contribution < 1.29 is 4.79 Å². The van der Waals surface area contributed by atoms with E-state index in [0.29, 0.717) is 18.9 Å². The number of nitrogens with zero attached hydrogens (tertiary/aromatic N) is 3. The fourth-order valence-electron chi connectivity index (χ4n) is 3.52. The first-order valence-corrected chi connectivity index (χ1v) is 9.74. The summed E-state index contributed by atoms with van der Waals surface area (Å²) in [7, 11) is 0. The molecule has 0 bridgehead atoms. The third-order valence-electron chi connectivity index (χ3n) is 4.86. The number of anilines is 2. The molecule has 1 saturated heterocycles. The van der Waals surface area contributed by atoms with Gasteiger partial charge >= 0.3 is 0 Å². The summed E-state index contributed by atoms with van der Waals surface area (Å²) >= 11 is 0. The van der Waals surface area contributed by atoms with Crippen molar-refractivity contribution >= 4 is 47.2 Å². The Morgan fingerprint density at radius 1 is 1.03 bits per heavy atom. The lowest BCUT2D eigenvalue weighted by atomic mass is 10.1. The van der Waals surface area contributed by atoms with E-state index in [4.69, 9.17) is 5.73 Å². The molecular formula is C22H30IN5O. The number of hydrogen-bond donors (Lipinski definition) is 2. The zero-order valence-electron chi connectivity index (χ0n) is 17.1. The maximum Gasteiger partial charge on any atom is 0.224 e. The number of benzene rings is 2. The van der Waals surface area contributed by atoms with Crippen LogP contribution < -0.4 is 16.0 Å². The fourth-order valence-corrected chi connectivity index (χ4v) is 3.52. The number of rotatable bonds is 5. The Morgan fingerprint density at radius 3 is 2.28 bits per heavy atom. The number of nitrogens with two attached hydrogens (primary N) is 1. The predicted octanol–water partition coefficient (Wildman–Crippen LogP) is 3.39. The number of nitrogens with one attached hydrogen (secondary N) is 1. The third-order valence-corrected chi connectivity index (χ3v) is 4.86. The van der Waals surface area contributed by atoms with Gasteiger partial charge in [0.05, 0.1) is 6.54 Å². The van der Waals surface area contributed by atoms with Crippen LogP contribution in [0.2, 0.25) is 0 Å². The van der Waals surface area contributed by atoms with Crippen LogP contribution in [0.5, 0.6) is 0 Å². The molecule has 1 aliphatic rings. The molecule has 2 aromatic rings. The molecule has 0 saturated carbocycles. The predicted molar refractivity (Wildman–Crippen MR) is 131 cm³/mol. The van der Waals surface area contributed by atoms with Crippen LogP contribution in [0, 0.1) is 13.8 Å². The molecule has 1 fully saturated rings. The first kappa shape index (κ1) is 23.0. The number of aryl methyl sites for hydroxylation is 2. The maximum absolute atomic E-state index is 12.4. The van der Waals surface area contributed by atoms with Crippen molar-refractivity contribution in [3.05, 3.63) is 59.7 Å². The first-order valence-electron chi connectivity index (χ1n) is 9.74. The minimum atomic E-state index is 0.